The highest BCUT2D eigenvalue weighted by Gasteiger charge is 2.17. The Morgan fingerprint density at radius 2 is 1.88 bits per heavy atom. The normalized spacial score (nSPS) is 11.8. The number of thioether (sulfide) groups is 1. The Morgan fingerprint density at radius 1 is 1.21 bits per heavy atom. The molecule has 0 fully saturated rings. The fraction of sp³-hybridized carbons (Fsp3) is 0.375. The Kier molecular flexibility index (Phi) is 6.33. The maximum atomic E-state index is 12.1. The van der Waals surface area contributed by atoms with Gasteiger partial charge in [-0.3, -0.25) is 9.59 Å². The third-order valence-corrected chi connectivity index (χ3v) is 5.35. The highest BCUT2D eigenvalue weighted by Crippen LogP contribution is 2.26. The van der Waals surface area contributed by atoms with Crippen LogP contribution in [0.15, 0.2) is 22.5 Å². The lowest BCUT2D eigenvalue weighted by Gasteiger charge is -2.13. The Bertz CT molecular complexity index is 725. The molecule has 1 atom stereocenters. The molecule has 0 saturated heterocycles. The van der Waals surface area contributed by atoms with Crippen molar-refractivity contribution < 1.29 is 9.59 Å². The van der Waals surface area contributed by atoms with Crippen LogP contribution in [-0.2, 0) is 9.59 Å². The first kappa shape index (κ1) is 18.4. The zero-order chi connectivity index (χ0) is 17.7. The SMILES string of the molecule is Cc1nnc(S[C@@H](C)C(=O)NCC(=O)Nc2c(C)cccc2C)s1. The van der Waals surface area contributed by atoms with Crippen molar-refractivity contribution in [2.45, 2.75) is 37.3 Å². The van der Waals surface area contributed by atoms with Gasteiger partial charge in [0.1, 0.15) is 5.01 Å². The topological polar surface area (TPSA) is 84.0 Å². The molecule has 1 aromatic carbocycles. The molecule has 0 unspecified atom stereocenters. The number of nitrogens with one attached hydrogen (secondary N) is 2. The summed E-state index contributed by atoms with van der Waals surface area (Å²) in [6.45, 7) is 7.45. The van der Waals surface area contributed by atoms with Crippen LogP contribution in [0.3, 0.4) is 0 Å². The van der Waals surface area contributed by atoms with E-state index in [0.29, 0.717) is 0 Å². The molecule has 0 spiro atoms. The lowest BCUT2D eigenvalue weighted by atomic mass is 10.1. The molecule has 8 heteroatoms. The summed E-state index contributed by atoms with van der Waals surface area (Å²) in [4.78, 5) is 24.1. The van der Waals surface area contributed by atoms with Crippen molar-refractivity contribution in [3.8, 4) is 0 Å². The van der Waals surface area contributed by atoms with Gasteiger partial charge in [-0.1, -0.05) is 41.3 Å². The highest BCUT2D eigenvalue weighted by atomic mass is 32.2. The van der Waals surface area contributed by atoms with Crippen molar-refractivity contribution in [2.24, 2.45) is 0 Å². The molecule has 0 radical (unpaired) electrons. The van der Waals surface area contributed by atoms with Gasteiger partial charge in [0.25, 0.3) is 0 Å². The predicted molar refractivity (Wildman–Crippen MR) is 97.5 cm³/mol. The van der Waals surface area contributed by atoms with Crippen LogP contribution < -0.4 is 10.6 Å². The minimum atomic E-state index is -0.342. The summed E-state index contributed by atoms with van der Waals surface area (Å²) in [5.74, 6) is -0.450. The van der Waals surface area contributed by atoms with E-state index in [2.05, 4.69) is 20.8 Å². The fourth-order valence-corrected chi connectivity index (χ4v) is 4.02. The molecule has 0 bridgehead atoms. The molecule has 2 rings (SSSR count). The number of benzene rings is 1. The van der Waals surface area contributed by atoms with Gasteiger partial charge in [0.2, 0.25) is 11.8 Å². The maximum Gasteiger partial charge on any atom is 0.243 e. The zero-order valence-corrected chi connectivity index (χ0v) is 15.7. The number of hydrogen-bond donors (Lipinski definition) is 2. The van der Waals surface area contributed by atoms with Gasteiger partial charge in [-0.05, 0) is 38.8 Å². The van der Waals surface area contributed by atoms with Crippen LogP contribution in [-0.4, -0.2) is 33.8 Å². The number of aryl methyl sites for hydroxylation is 3. The second-order valence-corrected chi connectivity index (χ2v) is 8.15. The molecule has 24 heavy (non-hydrogen) atoms. The quantitative estimate of drug-likeness (QED) is 0.770. The standard InChI is InChI=1S/C16H20N4O2S2/c1-9-6-5-7-10(2)14(9)18-13(21)8-17-15(22)11(3)23-16-20-19-12(4)24-16/h5-7,11H,8H2,1-4H3,(H,17,22)(H,18,21)/t11-/m0/s1. The number of hydrogen-bond acceptors (Lipinski definition) is 6. The third kappa shape index (κ3) is 5.04. The van der Waals surface area contributed by atoms with Crippen molar-refractivity contribution in [3.05, 3.63) is 34.3 Å². The molecule has 128 valence electrons. The van der Waals surface area contributed by atoms with E-state index in [-0.39, 0.29) is 23.6 Å². The lowest BCUT2D eigenvalue weighted by Crippen LogP contribution is -2.37. The van der Waals surface area contributed by atoms with E-state index in [0.717, 1.165) is 26.2 Å². The van der Waals surface area contributed by atoms with Crippen LogP contribution in [0.2, 0.25) is 0 Å². The first-order chi connectivity index (χ1) is 11.4. The van der Waals surface area contributed by atoms with Crippen LogP contribution in [0.5, 0.6) is 0 Å². The monoisotopic (exact) mass is 364 g/mol. The van der Waals surface area contributed by atoms with Crippen molar-refractivity contribution in [1.29, 1.82) is 0 Å². The van der Waals surface area contributed by atoms with Gasteiger partial charge in [0.15, 0.2) is 4.34 Å². The minimum absolute atomic E-state index is 0.0628. The second kappa shape index (κ2) is 8.25. The molecule has 2 amide bonds. The van der Waals surface area contributed by atoms with Gasteiger partial charge in [-0.25, -0.2) is 0 Å². The second-order valence-electron chi connectivity index (χ2n) is 5.38. The van der Waals surface area contributed by atoms with E-state index >= 15 is 0 Å². The number of anilines is 1. The van der Waals surface area contributed by atoms with Gasteiger partial charge >= 0.3 is 0 Å². The number of nitrogens with zero attached hydrogens (tertiary/aromatic N) is 2. The minimum Gasteiger partial charge on any atom is -0.346 e. The number of carbonyl (C=O) groups is 2. The number of rotatable bonds is 6. The van der Waals surface area contributed by atoms with E-state index < -0.39 is 0 Å². The zero-order valence-electron chi connectivity index (χ0n) is 14.0. The molecule has 0 aliphatic rings. The van der Waals surface area contributed by atoms with Gasteiger partial charge in [-0.2, -0.15) is 0 Å². The van der Waals surface area contributed by atoms with Gasteiger partial charge in [0.05, 0.1) is 11.8 Å². The lowest BCUT2D eigenvalue weighted by molar-refractivity contribution is -0.123. The molecule has 6 nitrogen and oxygen atoms in total. The summed E-state index contributed by atoms with van der Waals surface area (Å²) < 4.78 is 0.745. The first-order valence-electron chi connectivity index (χ1n) is 7.47. The van der Waals surface area contributed by atoms with Gasteiger partial charge < -0.3 is 10.6 Å². The van der Waals surface area contributed by atoms with Crippen LogP contribution in [0.25, 0.3) is 0 Å². The average molecular weight is 364 g/mol. The van der Waals surface area contributed by atoms with Crippen LogP contribution in [0.4, 0.5) is 5.69 Å². The van der Waals surface area contributed by atoms with Crippen molar-refractivity contribution >= 4 is 40.6 Å². The van der Waals surface area contributed by atoms with Crippen LogP contribution >= 0.6 is 23.1 Å². The van der Waals surface area contributed by atoms with E-state index in [4.69, 9.17) is 0 Å². The third-order valence-electron chi connectivity index (χ3n) is 3.32. The van der Waals surface area contributed by atoms with E-state index in [9.17, 15) is 9.59 Å². The van der Waals surface area contributed by atoms with Crippen molar-refractivity contribution in [1.82, 2.24) is 15.5 Å². The smallest absolute Gasteiger partial charge is 0.243 e. The molecule has 1 aromatic heterocycles. The van der Waals surface area contributed by atoms with E-state index in [1.165, 1.54) is 23.1 Å². The Hall–Kier alpha value is -1.93. The predicted octanol–water partition coefficient (Wildman–Crippen LogP) is 2.70. The van der Waals surface area contributed by atoms with Gasteiger partial charge in [-0.15, -0.1) is 10.2 Å². The number of para-hydroxylation sites is 1. The molecule has 0 saturated carbocycles. The van der Waals surface area contributed by atoms with Crippen molar-refractivity contribution in [3.63, 3.8) is 0 Å². The molecule has 1 heterocycles. The molecule has 0 aliphatic heterocycles. The Labute approximate surface area is 149 Å². The molecular weight excluding hydrogens is 344 g/mol. The average Bonchev–Trinajstić information content (AvgIpc) is 2.93. The number of aromatic nitrogens is 2. The summed E-state index contributed by atoms with van der Waals surface area (Å²) >= 11 is 2.78. The summed E-state index contributed by atoms with van der Waals surface area (Å²) in [5, 5.41) is 13.9. The van der Waals surface area contributed by atoms with Crippen molar-refractivity contribution in [2.75, 3.05) is 11.9 Å². The van der Waals surface area contributed by atoms with E-state index in [1.807, 2.05) is 39.0 Å². The van der Waals surface area contributed by atoms with Gasteiger partial charge in [0, 0.05) is 5.69 Å². The largest absolute Gasteiger partial charge is 0.346 e. The maximum absolute atomic E-state index is 12.1. The Balaban J connectivity index is 1.83. The summed E-state index contributed by atoms with van der Waals surface area (Å²) in [5.41, 5.74) is 2.78. The molecule has 0 aliphatic carbocycles. The highest BCUT2D eigenvalue weighted by molar-refractivity contribution is 8.02. The summed E-state index contributed by atoms with van der Waals surface area (Å²) in [6, 6.07) is 5.81. The number of carbonyl (C=O) groups excluding carboxylic acids is 2. The molecule has 2 aromatic rings. The van der Waals surface area contributed by atoms with E-state index in [1.54, 1.807) is 6.92 Å². The van der Waals surface area contributed by atoms with Crippen LogP contribution in [0.1, 0.15) is 23.1 Å². The fourth-order valence-electron chi connectivity index (χ4n) is 2.04. The Morgan fingerprint density at radius 3 is 2.46 bits per heavy atom. The molecular formula is C16H20N4O2S2. The van der Waals surface area contributed by atoms with Crippen LogP contribution in [0, 0.1) is 20.8 Å². The summed E-state index contributed by atoms with van der Waals surface area (Å²) in [7, 11) is 0. The summed E-state index contributed by atoms with van der Waals surface area (Å²) in [6.07, 6.45) is 0. The first-order valence-corrected chi connectivity index (χ1v) is 9.17. The molecule has 2 N–H and O–H groups in total. The number of amides is 2.